The fourth-order valence-electron chi connectivity index (χ4n) is 4.45. The third-order valence-electron chi connectivity index (χ3n) is 6.43. The Bertz CT molecular complexity index is 1540. The van der Waals surface area contributed by atoms with Gasteiger partial charge in [0.25, 0.3) is 11.8 Å². The number of halogens is 2. The topological polar surface area (TPSA) is 113 Å². The van der Waals surface area contributed by atoms with Gasteiger partial charge in [0.15, 0.2) is 14.9 Å². The second-order valence-electron chi connectivity index (χ2n) is 9.62. The summed E-state index contributed by atoms with van der Waals surface area (Å²) in [5.74, 6) is -2.04. The Hall–Kier alpha value is -3.09. The van der Waals surface area contributed by atoms with Crippen molar-refractivity contribution in [2.75, 3.05) is 31.3 Å². The van der Waals surface area contributed by atoms with Crippen molar-refractivity contribution in [3.8, 4) is 0 Å². The zero-order valence-electron chi connectivity index (χ0n) is 22.1. The summed E-state index contributed by atoms with van der Waals surface area (Å²) in [5, 5.41) is 3.61. The van der Waals surface area contributed by atoms with Crippen LogP contribution in [-0.4, -0.2) is 67.8 Å². The average Bonchev–Trinajstić information content (AvgIpc) is 3.55. The van der Waals surface area contributed by atoms with Crippen molar-refractivity contribution < 1.29 is 26.9 Å². The molecule has 1 aromatic carbocycles. The first-order chi connectivity index (χ1) is 18.3. The molecule has 0 N–H and O–H groups in total. The zero-order chi connectivity index (χ0) is 28.6. The second-order valence-corrected chi connectivity index (χ2v) is 13.3. The van der Waals surface area contributed by atoms with Gasteiger partial charge in [-0.15, -0.1) is 11.3 Å². The van der Waals surface area contributed by atoms with E-state index in [-0.39, 0.29) is 58.2 Å². The minimum absolute atomic E-state index is 0.00190. The minimum Gasteiger partial charge on any atom is -0.361 e. The van der Waals surface area contributed by atoms with Crippen LogP contribution in [0.3, 0.4) is 0 Å². The highest BCUT2D eigenvalue weighted by Crippen LogP contribution is 2.32. The van der Waals surface area contributed by atoms with E-state index in [1.54, 1.807) is 47.0 Å². The highest BCUT2D eigenvalue weighted by molar-refractivity contribution is 8.07. The van der Waals surface area contributed by atoms with Gasteiger partial charge in [0, 0.05) is 37.0 Å². The molecule has 0 bridgehead atoms. The Morgan fingerprint density at radius 3 is 2.59 bits per heavy atom. The number of aryl methyl sites for hydroxylation is 2. The molecule has 9 nitrogen and oxygen atoms in total. The summed E-state index contributed by atoms with van der Waals surface area (Å²) in [5.41, 5.74) is 0.694. The number of carbonyl (C=O) groups is 2. The number of thiophene rings is 1. The summed E-state index contributed by atoms with van der Waals surface area (Å²) in [6, 6.07) is 6.33. The lowest BCUT2D eigenvalue weighted by Gasteiger charge is -2.18. The van der Waals surface area contributed by atoms with E-state index in [2.05, 4.69) is 10.1 Å². The van der Waals surface area contributed by atoms with Crippen molar-refractivity contribution in [2.24, 2.45) is 4.99 Å². The number of anilines is 1. The molecule has 4 rings (SSSR count). The summed E-state index contributed by atoms with van der Waals surface area (Å²) in [7, 11) is -0.912. The van der Waals surface area contributed by atoms with Crippen LogP contribution in [0.1, 0.15) is 51.5 Å². The van der Waals surface area contributed by atoms with Gasteiger partial charge in [-0.1, -0.05) is 23.7 Å². The molecule has 0 aliphatic carbocycles. The first-order valence-electron chi connectivity index (χ1n) is 12.1. The van der Waals surface area contributed by atoms with E-state index in [0.29, 0.717) is 10.0 Å². The van der Waals surface area contributed by atoms with Gasteiger partial charge in [-0.05, 0) is 50.6 Å². The van der Waals surface area contributed by atoms with Crippen LogP contribution in [0, 0.1) is 19.7 Å². The Labute approximate surface area is 235 Å². The van der Waals surface area contributed by atoms with Crippen molar-refractivity contribution in [2.45, 2.75) is 39.2 Å². The van der Waals surface area contributed by atoms with Crippen LogP contribution in [0.25, 0.3) is 0 Å². The zero-order valence-corrected chi connectivity index (χ0v) is 24.5. The molecule has 3 aromatic rings. The minimum atomic E-state index is -4.03. The van der Waals surface area contributed by atoms with Crippen molar-refractivity contribution in [1.82, 2.24) is 10.1 Å². The van der Waals surface area contributed by atoms with Crippen molar-refractivity contribution in [3.05, 3.63) is 67.9 Å². The van der Waals surface area contributed by atoms with Gasteiger partial charge in [-0.2, -0.15) is 0 Å². The molecule has 1 saturated heterocycles. The van der Waals surface area contributed by atoms with Gasteiger partial charge in [0.05, 0.1) is 27.0 Å². The van der Waals surface area contributed by atoms with E-state index >= 15 is 0 Å². The van der Waals surface area contributed by atoms with Crippen LogP contribution >= 0.6 is 22.9 Å². The molecule has 1 aliphatic rings. The van der Waals surface area contributed by atoms with Crippen molar-refractivity contribution in [1.29, 1.82) is 0 Å². The molecular weight excluding hydrogens is 567 g/mol. The van der Waals surface area contributed by atoms with Crippen molar-refractivity contribution in [3.63, 3.8) is 0 Å². The van der Waals surface area contributed by atoms with Crippen LogP contribution in [0.5, 0.6) is 0 Å². The SMILES string of the molecule is Cc1noc(C)c1C(=N[C@H]1CCN(c2ccc(C(=O)N(C)C)cc2F)C1=O)S(=O)(=O)CC(C)c1ccc(Cl)s1. The standard InChI is InChI=1S/C26H28ClFN4O5S2/c1-14(21-8-9-22(27)38-21)13-39(35,36)24(23-15(2)30-37-16(23)3)29-19-10-11-32(26(19)34)20-7-6-17(12-18(20)28)25(33)31(4)5/h6-9,12,14,19H,10-11,13H2,1-5H3/t14?,19-/m0/s1. The smallest absolute Gasteiger partial charge is 0.253 e. The maximum atomic E-state index is 15.0. The summed E-state index contributed by atoms with van der Waals surface area (Å²) in [4.78, 5) is 33.3. The number of aromatic nitrogens is 1. The number of hydrogen-bond acceptors (Lipinski definition) is 8. The molecule has 3 heterocycles. The number of sulfone groups is 1. The molecule has 0 radical (unpaired) electrons. The van der Waals surface area contributed by atoms with E-state index in [4.69, 9.17) is 16.1 Å². The van der Waals surface area contributed by atoms with Crippen molar-refractivity contribution >= 4 is 55.3 Å². The van der Waals surface area contributed by atoms with E-state index < -0.39 is 27.6 Å². The number of aliphatic imine (C=N–C) groups is 1. The third-order valence-corrected chi connectivity index (χ3v) is 9.73. The number of rotatable bonds is 7. The molecule has 2 aromatic heterocycles. The highest BCUT2D eigenvalue weighted by Gasteiger charge is 2.37. The van der Waals surface area contributed by atoms with Crippen LogP contribution in [0.15, 0.2) is 39.8 Å². The van der Waals surface area contributed by atoms with Gasteiger partial charge in [0.1, 0.15) is 17.6 Å². The van der Waals surface area contributed by atoms with Crippen LogP contribution in [0.2, 0.25) is 4.34 Å². The Morgan fingerprint density at radius 2 is 2.03 bits per heavy atom. The maximum Gasteiger partial charge on any atom is 0.253 e. The lowest BCUT2D eigenvalue weighted by Crippen LogP contribution is -2.31. The summed E-state index contributed by atoms with van der Waals surface area (Å²) < 4.78 is 48.2. The molecule has 39 heavy (non-hydrogen) atoms. The van der Waals surface area contributed by atoms with E-state index in [9.17, 15) is 22.4 Å². The molecule has 1 aliphatic heterocycles. The van der Waals surface area contributed by atoms with E-state index in [0.717, 1.165) is 10.9 Å². The Kier molecular flexibility index (Phi) is 8.29. The fraction of sp³-hybridized carbons (Fsp3) is 0.385. The number of amides is 2. The monoisotopic (exact) mass is 594 g/mol. The number of nitrogens with zero attached hydrogens (tertiary/aromatic N) is 4. The van der Waals surface area contributed by atoms with Gasteiger partial charge in [-0.3, -0.25) is 14.6 Å². The normalized spacial score (nSPS) is 17.1. The van der Waals surface area contributed by atoms with Gasteiger partial charge < -0.3 is 14.3 Å². The molecule has 1 unspecified atom stereocenters. The molecule has 13 heteroatoms. The number of benzene rings is 1. The number of hydrogen-bond donors (Lipinski definition) is 0. The maximum absolute atomic E-state index is 15.0. The van der Waals surface area contributed by atoms with Crippen LogP contribution in [0.4, 0.5) is 10.1 Å². The predicted octanol–water partition coefficient (Wildman–Crippen LogP) is 4.62. The molecule has 0 saturated carbocycles. The average molecular weight is 595 g/mol. The molecular formula is C26H28ClFN4O5S2. The lowest BCUT2D eigenvalue weighted by molar-refractivity contribution is -0.118. The predicted molar refractivity (Wildman–Crippen MR) is 149 cm³/mol. The van der Waals surface area contributed by atoms with Gasteiger partial charge in [-0.25, -0.2) is 12.8 Å². The fourth-order valence-corrected chi connectivity index (χ4v) is 7.56. The Morgan fingerprint density at radius 1 is 1.31 bits per heavy atom. The molecule has 208 valence electrons. The lowest BCUT2D eigenvalue weighted by atomic mass is 10.1. The van der Waals surface area contributed by atoms with Gasteiger partial charge >= 0.3 is 0 Å². The van der Waals surface area contributed by atoms with E-state index in [1.807, 2.05) is 0 Å². The number of carbonyl (C=O) groups excluding carboxylic acids is 2. The van der Waals surface area contributed by atoms with Crippen LogP contribution in [-0.2, 0) is 14.6 Å². The molecule has 2 atom stereocenters. The molecule has 1 fully saturated rings. The van der Waals surface area contributed by atoms with Gasteiger partial charge in [0.2, 0.25) is 0 Å². The Balaban J connectivity index is 1.67. The largest absolute Gasteiger partial charge is 0.361 e. The first-order valence-corrected chi connectivity index (χ1v) is 15.0. The second kappa shape index (κ2) is 11.2. The van der Waals surface area contributed by atoms with Crippen LogP contribution < -0.4 is 4.90 Å². The summed E-state index contributed by atoms with van der Waals surface area (Å²) in [6.45, 7) is 5.09. The summed E-state index contributed by atoms with van der Waals surface area (Å²) >= 11 is 7.34. The highest BCUT2D eigenvalue weighted by atomic mass is 35.5. The first kappa shape index (κ1) is 28.9. The van der Waals surface area contributed by atoms with E-state index in [1.165, 1.54) is 33.3 Å². The molecule has 0 spiro atoms. The summed E-state index contributed by atoms with van der Waals surface area (Å²) in [6.07, 6.45) is 0.176. The third kappa shape index (κ3) is 5.92. The quantitative estimate of drug-likeness (QED) is 0.291. The molecule has 2 amide bonds.